The molecule has 4 amide bonds. The highest BCUT2D eigenvalue weighted by atomic mass is 16.6. The monoisotopic (exact) mass is 687 g/mol. The summed E-state index contributed by atoms with van der Waals surface area (Å²) >= 11 is 0. The Hall–Kier alpha value is -4.97. The lowest BCUT2D eigenvalue weighted by atomic mass is 9.91. The number of aromatic nitrogens is 1. The Balaban J connectivity index is 1.79. The number of nitrogens with zero attached hydrogens (tertiary/aromatic N) is 1. The molecule has 3 aromatic rings. The van der Waals surface area contributed by atoms with Gasteiger partial charge in [0.1, 0.15) is 12.1 Å². The van der Waals surface area contributed by atoms with Gasteiger partial charge in [-0.25, -0.2) is 4.79 Å². The normalized spacial score (nSPS) is 27.6. The lowest BCUT2D eigenvalue weighted by Gasteiger charge is -2.33. The number of carbonyl (C=O) groups is 5. The summed E-state index contributed by atoms with van der Waals surface area (Å²) < 4.78 is 11.5. The number of ether oxygens (including phenoxy) is 2. The highest BCUT2D eigenvalue weighted by Crippen LogP contribution is 2.26. The molecule has 0 spiro atoms. The van der Waals surface area contributed by atoms with Crippen LogP contribution >= 0.6 is 0 Å². The van der Waals surface area contributed by atoms with Gasteiger partial charge in [0.25, 0.3) is 0 Å². The highest BCUT2D eigenvalue weighted by molar-refractivity contribution is 5.94. The fourth-order valence-corrected chi connectivity index (χ4v) is 6.30. The molecule has 268 valence electrons. The van der Waals surface area contributed by atoms with Crippen LogP contribution in [0.25, 0.3) is 10.9 Å². The zero-order chi connectivity index (χ0) is 36.7. The first-order valence-corrected chi connectivity index (χ1v) is 16.9. The van der Waals surface area contributed by atoms with Gasteiger partial charge in [-0.15, -0.1) is 0 Å². The Kier molecular flexibility index (Phi) is 12.6. The summed E-state index contributed by atoms with van der Waals surface area (Å²) in [5, 5.41) is 6.69. The first-order valence-electron chi connectivity index (χ1n) is 16.9. The van der Waals surface area contributed by atoms with E-state index in [2.05, 4.69) is 21.7 Å². The maximum absolute atomic E-state index is 14.5. The van der Waals surface area contributed by atoms with Gasteiger partial charge in [0.05, 0.1) is 12.6 Å². The molecule has 0 saturated carbocycles. The van der Waals surface area contributed by atoms with Crippen LogP contribution in [0.4, 0.5) is 0 Å². The molecule has 0 fully saturated rings. The molecule has 12 heteroatoms. The number of fused-ring (bicyclic) bond motifs is 1. The average molecular weight is 688 g/mol. The first kappa shape index (κ1) is 37.8. The molecule has 12 nitrogen and oxygen atoms in total. The van der Waals surface area contributed by atoms with Crippen molar-refractivity contribution in [3.63, 3.8) is 0 Å². The van der Waals surface area contributed by atoms with Crippen LogP contribution in [-0.4, -0.2) is 78.4 Å². The lowest BCUT2D eigenvalue weighted by molar-refractivity contribution is -0.159. The summed E-state index contributed by atoms with van der Waals surface area (Å²) in [6.45, 7) is 9.41. The second kappa shape index (κ2) is 16.6. The minimum Gasteiger partial charge on any atom is -0.463 e. The first-order chi connectivity index (χ1) is 23.7. The van der Waals surface area contributed by atoms with E-state index in [1.54, 1.807) is 32.2 Å². The van der Waals surface area contributed by atoms with Crippen LogP contribution in [0.5, 0.6) is 0 Å². The SMILES string of the molecule is CO[C@@H]1C(=O)OC[C@H](C)[C@H](C)/C=C(\C)C[C@H](C)C(=O)N[C@@H](C)C(=O)N(C)[C@H](Cc2c[nH]c3ccccc23)C(=O)N[C@H]1c1ccc(C(N)=O)cc1. The largest absolute Gasteiger partial charge is 0.463 e. The summed E-state index contributed by atoms with van der Waals surface area (Å²) in [5.41, 5.74) is 8.82. The number of benzene rings is 2. The summed E-state index contributed by atoms with van der Waals surface area (Å²) in [5.74, 6) is -3.12. The van der Waals surface area contributed by atoms with Crippen molar-refractivity contribution in [1.29, 1.82) is 0 Å². The van der Waals surface area contributed by atoms with E-state index < -0.39 is 53.8 Å². The number of amides is 4. The Bertz CT molecular complexity index is 1730. The number of cyclic esters (lactones) is 1. The van der Waals surface area contributed by atoms with Gasteiger partial charge in [-0.3, -0.25) is 19.2 Å². The standard InChI is InChI=1S/C38H49N5O7/c1-21-16-22(2)24(4)20-50-38(48)33(49-7)32(26-12-14-27(15-13-26)34(39)44)42-36(46)31(18-28-19-40-30-11-9-8-10-29(28)30)43(6)37(47)25(5)41-35(45)23(3)17-21/h8-16,19,22-25,31-33,40H,17-18,20H2,1-7H3,(H2,39,44)(H,41,45)(H,42,46)/b21-16+/t22-,23+,24+,25+,31-,32+,33+/m1/s1. The Morgan fingerprint density at radius 1 is 0.980 bits per heavy atom. The smallest absolute Gasteiger partial charge is 0.337 e. The summed E-state index contributed by atoms with van der Waals surface area (Å²) in [6.07, 6.45) is 3.17. The van der Waals surface area contributed by atoms with Crippen LogP contribution in [0.15, 0.2) is 66.4 Å². The number of carbonyl (C=O) groups excluding carboxylic acids is 5. The molecule has 1 aliphatic heterocycles. The Labute approximate surface area is 293 Å². The molecule has 0 aliphatic carbocycles. The second-order valence-electron chi connectivity index (χ2n) is 13.5. The van der Waals surface area contributed by atoms with Gasteiger partial charge in [0.2, 0.25) is 23.6 Å². The molecule has 2 heterocycles. The van der Waals surface area contributed by atoms with E-state index in [-0.39, 0.29) is 36.3 Å². The van der Waals surface area contributed by atoms with Gasteiger partial charge in [0, 0.05) is 49.2 Å². The fraction of sp³-hybridized carbons (Fsp3) is 0.447. The van der Waals surface area contributed by atoms with Crippen molar-refractivity contribution in [3.8, 4) is 0 Å². The van der Waals surface area contributed by atoms with Crippen LogP contribution in [-0.2, 0) is 35.1 Å². The second-order valence-corrected chi connectivity index (χ2v) is 13.5. The zero-order valence-corrected chi connectivity index (χ0v) is 29.8. The predicted molar refractivity (Wildman–Crippen MR) is 190 cm³/mol. The van der Waals surface area contributed by atoms with Gasteiger partial charge >= 0.3 is 5.97 Å². The van der Waals surface area contributed by atoms with Crippen molar-refractivity contribution in [2.45, 2.75) is 71.7 Å². The number of H-pyrrole nitrogens is 1. The van der Waals surface area contributed by atoms with Crippen LogP contribution < -0.4 is 16.4 Å². The van der Waals surface area contributed by atoms with E-state index in [4.69, 9.17) is 15.2 Å². The number of methoxy groups -OCH3 is 1. The molecule has 1 aromatic heterocycles. The van der Waals surface area contributed by atoms with Crippen molar-refractivity contribution >= 4 is 40.5 Å². The third kappa shape index (κ3) is 8.97. The van der Waals surface area contributed by atoms with Crippen LogP contribution in [0.3, 0.4) is 0 Å². The minimum absolute atomic E-state index is 0.0115. The summed E-state index contributed by atoms with van der Waals surface area (Å²) in [4.78, 5) is 71.7. The van der Waals surface area contributed by atoms with Gasteiger partial charge < -0.3 is 35.7 Å². The van der Waals surface area contributed by atoms with E-state index >= 15 is 0 Å². The minimum atomic E-state index is -1.28. The Morgan fingerprint density at radius 3 is 2.32 bits per heavy atom. The molecular weight excluding hydrogens is 638 g/mol. The van der Waals surface area contributed by atoms with Crippen molar-refractivity contribution < 1.29 is 33.4 Å². The fourth-order valence-electron chi connectivity index (χ4n) is 6.30. The summed E-state index contributed by atoms with van der Waals surface area (Å²) in [6, 6.07) is 10.7. The highest BCUT2D eigenvalue weighted by Gasteiger charge is 2.37. The number of likely N-dealkylation sites (N-methyl/N-ethyl adjacent to an activating group) is 1. The molecule has 7 atom stereocenters. The number of hydrogen-bond donors (Lipinski definition) is 4. The number of nitrogens with two attached hydrogens (primary N) is 1. The predicted octanol–water partition coefficient (Wildman–Crippen LogP) is 3.82. The molecule has 4 rings (SSSR count). The third-order valence-electron chi connectivity index (χ3n) is 9.59. The van der Waals surface area contributed by atoms with Gasteiger partial charge in [-0.2, -0.15) is 0 Å². The molecule has 0 radical (unpaired) electrons. The molecule has 1 aliphatic rings. The van der Waals surface area contributed by atoms with Crippen LogP contribution in [0.2, 0.25) is 0 Å². The molecule has 0 saturated heterocycles. The number of aromatic amines is 1. The quantitative estimate of drug-likeness (QED) is 0.233. The average Bonchev–Trinajstić information content (AvgIpc) is 3.50. The number of nitrogens with one attached hydrogen (secondary N) is 3. The van der Waals surface area contributed by atoms with Crippen LogP contribution in [0, 0.1) is 17.8 Å². The van der Waals surface area contributed by atoms with Gasteiger partial charge in [0.15, 0.2) is 6.10 Å². The van der Waals surface area contributed by atoms with Crippen molar-refractivity contribution in [2.75, 3.05) is 20.8 Å². The Morgan fingerprint density at radius 2 is 1.66 bits per heavy atom. The van der Waals surface area contributed by atoms with E-state index in [1.807, 2.05) is 45.0 Å². The van der Waals surface area contributed by atoms with E-state index in [0.717, 1.165) is 22.0 Å². The summed E-state index contributed by atoms with van der Waals surface area (Å²) in [7, 11) is 2.87. The molecule has 0 unspecified atom stereocenters. The van der Waals surface area contributed by atoms with E-state index in [9.17, 15) is 24.0 Å². The van der Waals surface area contributed by atoms with Crippen molar-refractivity contribution in [2.24, 2.45) is 23.5 Å². The maximum Gasteiger partial charge on any atom is 0.337 e. The molecule has 50 heavy (non-hydrogen) atoms. The topological polar surface area (TPSA) is 173 Å². The van der Waals surface area contributed by atoms with E-state index in [1.165, 1.54) is 31.2 Å². The molecular formula is C38H49N5O7. The zero-order valence-electron chi connectivity index (χ0n) is 29.8. The number of rotatable bonds is 5. The maximum atomic E-state index is 14.5. The van der Waals surface area contributed by atoms with Crippen molar-refractivity contribution in [1.82, 2.24) is 20.5 Å². The number of primary amides is 1. The van der Waals surface area contributed by atoms with Gasteiger partial charge in [-0.1, -0.05) is 62.8 Å². The molecule has 2 aromatic carbocycles. The molecule has 0 bridgehead atoms. The van der Waals surface area contributed by atoms with E-state index in [0.29, 0.717) is 12.0 Å². The number of allylic oxidation sites excluding steroid dienone is 2. The number of hydrogen-bond acceptors (Lipinski definition) is 7. The number of para-hydroxylation sites is 1. The van der Waals surface area contributed by atoms with Gasteiger partial charge in [-0.05, 0) is 61.4 Å². The van der Waals surface area contributed by atoms with Crippen LogP contribution in [0.1, 0.15) is 68.6 Å². The molecule has 5 N–H and O–H groups in total. The third-order valence-corrected chi connectivity index (χ3v) is 9.59. The van der Waals surface area contributed by atoms with Crippen molar-refractivity contribution in [3.05, 3.63) is 83.1 Å². The lowest BCUT2D eigenvalue weighted by Crippen LogP contribution is -2.56. The number of esters is 1.